The molecule has 1 aliphatic heterocycles. The number of hydrogen-bond acceptors (Lipinski definition) is 6. The first-order chi connectivity index (χ1) is 47.9. The number of rotatable bonds is 5. The van der Waals surface area contributed by atoms with E-state index in [0.717, 1.165) is 171 Å². The molecule has 1 unspecified atom stereocenters. The number of fused-ring (bicyclic) bond motifs is 24. The lowest BCUT2D eigenvalue weighted by atomic mass is 9.66. The van der Waals surface area contributed by atoms with Gasteiger partial charge < -0.3 is 27.6 Å². The highest BCUT2D eigenvalue weighted by molar-refractivity contribution is 6.15. The Hall–Kier alpha value is -13.9. The number of nitriles is 2. The Morgan fingerprint density at radius 2 is 0.701 bits per heavy atom. The van der Waals surface area contributed by atoms with E-state index >= 15 is 0 Å². The van der Waals surface area contributed by atoms with Gasteiger partial charge in [-0.2, -0.15) is 10.5 Å². The Morgan fingerprint density at radius 3 is 1.18 bits per heavy atom. The summed E-state index contributed by atoms with van der Waals surface area (Å²) in [6.07, 6.45) is 7.77. The predicted octanol–water partition coefficient (Wildman–Crippen LogP) is 20.1. The van der Waals surface area contributed by atoms with E-state index in [1.165, 1.54) is 0 Å². The van der Waals surface area contributed by atoms with Gasteiger partial charge in [-0.1, -0.05) is 109 Å². The minimum Gasteiger partial charge on any atom is -0.457 e. The molecule has 12 heteroatoms. The second kappa shape index (κ2) is 19.4. The van der Waals surface area contributed by atoms with Gasteiger partial charge in [0.15, 0.2) is 5.69 Å². The van der Waals surface area contributed by atoms with E-state index in [4.69, 9.17) is 26.3 Å². The molecule has 8 aromatic heterocycles. The fourth-order valence-corrected chi connectivity index (χ4v) is 16.6. The lowest BCUT2D eigenvalue weighted by Gasteiger charge is -2.39. The summed E-state index contributed by atoms with van der Waals surface area (Å²) in [5, 5.41) is 30.5. The molecule has 0 amide bonds. The molecule has 1 atom stereocenters. The number of para-hydroxylation sites is 5. The smallest absolute Gasteiger partial charge is 0.188 e. The van der Waals surface area contributed by atoms with Gasteiger partial charge in [-0.3, -0.25) is 15.0 Å². The van der Waals surface area contributed by atoms with E-state index in [1.54, 1.807) is 0 Å². The molecule has 97 heavy (non-hydrogen) atoms. The molecule has 1 spiro atoms. The number of benzene rings is 11. The maximum absolute atomic E-state index is 10.0. The van der Waals surface area contributed by atoms with Crippen LogP contribution in [0.2, 0.25) is 0 Å². The Morgan fingerprint density at radius 1 is 0.330 bits per heavy atom. The molecule has 9 heterocycles. The van der Waals surface area contributed by atoms with Gasteiger partial charge in [0.25, 0.3) is 0 Å². The van der Waals surface area contributed by atoms with Crippen molar-refractivity contribution < 1.29 is 4.74 Å². The zero-order chi connectivity index (χ0) is 63.9. The molecule has 0 N–H and O–H groups in total. The Balaban J connectivity index is 0.846. The summed E-state index contributed by atoms with van der Waals surface area (Å²) in [4.78, 5) is 19.9. The Bertz CT molecular complexity index is 6750. The molecule has 0 bridgehead atoms. The number of pyridine rings is 3. The van der Waals surface area contributed by atoms with Crippen molar-refractivity contribution in [2.75, 3.05) is 0 Å². The highest BCUT2D eigenvalue weighted by Gasteiger charge is 2.53. The summed E-state index contributed by atoms with van der Waals surface area (Å²) < 4.78 is 19.2. The van der Waals surface area contributed by atoms with Gasteiger partial charge >= 0.3 is 0 Å². The van der Waals surface area contributed by atoms with Gasteiger partial charge in [0.1, 0.15) is 11.5 Å². The third kappa shape index (κ3) is 7.02. The van der Waals surface area contributed by atoms with E-state index in [2.05, 4.69) is 240 Å². The molecule has 21 rings (SSSR count). The third-order valence-electron chi connectivity index (χ3n) is 20.5. The van der Waals surface area contributed by atoms with Crippen LogP contribution in [0.4, 0.5) is 5.69 Å². The van der Waals surface area contributed by atoms with Crippen LogP contribution in [-0.2, 0) is 5.41 Å². The van der Waals surface area contributed by atoms with Gasteiger partial charge in [0.05, 0.1) is 132 Å². The highest BCUT2D eigenvalue weighted by Crippen LogP contribution is 2.63. The second-order valence-electron chi connectivity index (χ2n) is 25.3. The van der Waals surface area contributed by atoms with Crippen LogP contribution in [0.25, 0.3) is 154 Å². The van der Waals surface area contributed by atoms with E-state index < -0.39 is 5.41 Å². The molecular weight excluding hydrogens is 1190 g/mol. The van der Waals surface area contributed by atoms with Crippen molar-refractivity contribution in [2.24, 2.45) is 0 Å². The van der Waals surface area contributed by atoms with E-state index in [-0.39, 0.29) is 0 Å². The fraction of sp³-hybridized carbons (Fsp3) is 0.0118. The average molecular weight is 1240 g/mol. The Labute approximate surface area is 551 Å². The molecular formula is C85H45N11O. The van der Waals surface area contributed by atoms with Crippen molar-refractivity contribution in [3.63, 3.8) is 0 Å². The van der Waals surface area contributed by atoms with Gasteiger partial charge in [0, 0.05) is 106 Å². The normalized spacial score (nSPS) is 13.9. The number of aromatic nitrogens is 8. The zero-order valence-corrected chi connectivity index (χ0v) is 51.3. The van der Waals surface area contributed by atoms with Crippen LogP contribution in [-0.4, -0.2) is 37.8 Å². The lowest BCUT2D eigenvalue weighted by Crippen LogP contribution is -2.32. The molecule has 0 radical (unpaired) electrons. The minimum absolute atomic E-state index is 0.548. The Kier molecular flexibility index (Phi) is 10.5. The number of nitrogens with zero attached hydrogens (tertiary/aromatic N) is 11. The van der Waals surface area contributed by atoms with E-state index in [1.807, 2.05) is 73.3 Å². The number of ether oxygens (including phenoxy) is 1. The summed E-state index contributed by atoms with van der Waals surface area (Å²) >= 11 is 0. The molecule has 11 aromatic carbocycles. The van der Waals surface area contributed by atoms with Crippen LogP contribution in [0, 0.1) is 29.2 Å². The maximum Gasteiger partial charge on any atom is 0.188 e. The summed E-state index contributed by atoms with van der Waals surface area (Å²) in [6.45, 7) is 8.03. The van der Waals surface area contributed by atoms with Crippen molar-refractivity contribution in [3.05, 3.63) is 318 Å². The summed E-state index contributed by atoms with van der Waals surface area (Å²) in [6, 6.07) is 91.6. The molecule has 0 fully saturated rings. The largest absolute Gasteiger partial charge is 0.457 e. The molecule has 1 aliphatic carbocycles. The van der Waals surface area contributed by atoms with Gasteiger partial charge in [-0.25, -0.2) is 4.85 Å². The first-order valence-corrected chi connectivity index (χ1v) is 32.1. The maximum atomic E-state index is 10.0. The van der Waals surface area contributed by atoms with Gasteiger partial charge in [-0.05, 0) is 133 Å². The quantitative estimate of drug-likeness (QED) is 0.158. The number of hydrogen-bond donors (Lipinski definition) is 0. The fourth-order valence-electron chi connectivity index (χ4n) is 16.6. The average Bonchev–Trinajstić information content (AvgIpc) is 1.55. The van der Waals surface area contributed by atoms with E-state index in [0.29, 0.717) is 28.3 Å². The van der Waals surface area contributed by atoms with Crippen LogP contribution >= 0.6 is 0 Å². The van der Waals surface area contributed by atoms with Gasteiger partial charge in [-0.15, -0.1) is 0 Å². The topological polar surface area (TPSA) is 124 Å². The summed E-state index contributed by atoms with van der Waals surface area (Å²) in [7, 11) is 0. The van der Waals surface area contributed by atoms with Crippen molar-refractivity contribution in [3.8, 4) is 63.5 Å². The first-order valence-electron chi connectivity index (χ1n) is 32.1. The van der Waals surface area contributed by atoms with Crippen molar-refractivity contribution in [2.45, 2.75) is 5.41 Å². The van der Waals surface area contributed by atoms with Crippen LogP contribution < -0.4 is 4.74 Å². The minimum atomic E-state index is -1.10. The van der Waals surface area contributed by atoms with Gasteiger partial charge in [0.2, 0.25) is 0 Å². The first kappa shape index (κ1) is 52.7. The third-order valence-corrected chi connectivity index (χ3v) is 20.5. The van der Waals surface area contributed by atoms with Crippen molar-refractivity contribution >= 4 is 115 Å². The van der Waals surface area contributed by atoms with Crippen molar-refractivity contribution in [1.82, 2.24) is 37.8 Å². The van der Waals surface area contributed by atoms with Crippen molar-refractivity contribution in [1.29, 1.82) is 10.5 Å². The second-order valence-corrected chi connectivity index (χ2v) is 25.3. The zero-order valence-electron chi connectivity index (χ0n) is 51.3. The molecule has 446 valence electrons. The monoisotopic (exact) mass is 1240 g/mol. The summed E-state index contributed by atoms with van der Waals surface area (Å²) in [5.41, 5.74) is 20.4. The van der Waals surface area contributed by atoms with Crippen LogP contribution in [0.15, 0.2) is 274 Å². The lowest BCUT2D eigenvalue weighted by molar-refractivity contribution is 0.436. The summed E-state index contributed by atoms with van der Waals surface area (Å²) in [5.74, 6) is 1.34. The SMILES string of the molecule is [C-]#[N+]c1ccc2c(c1)c1ccccc1n2-c1cnc2c(c1)C1(c3ccc(-n4c5ccccc5c5ccccc54)cc3Oc3cc(-n4c5ccc(-n6c7ccc(C#N)cc7c7cc(C#N)ccc76)cc5c5ccncc54)ccc31)c1cc(-n3c4ccccc4c4ccccc43)cnc1-2. The van der Waals surface area contributed by atoms with Crippen LogP contribution in [0.1, 0.15) is 33.4 Å². The molecule has 0 saturated heterocycles. The standard InChI is InChI=1S/C85H45N11O/c1-88-51-24-32-78-65(38-51)61-16-6-11-21-75(61)96(78)56-41-70-84(91-47-56)83-69(40-55(46-90-83)95-73-19-9-4-14-59(73)60-15-5-10-20-74(60)95)85(70)67-28-25-53(93-71-17-7-2-12-57(71)58-13-3-8-18-72(58)93)42-81(67)97-82-43-54(26-29-68(82)85)94-79-33-27-52(39-66(79)62-34-35-89-48-80(62)94)92-76-30-22-49(44-86)36-63(76)64-37-50(45-87)23-31-77(64)92/h2-43,46-48H. The highest BCUT2D eigenvalue weighted by atomic mass is 16.5. The van der Waals surface area contributed by atoms with Crippen LogP contribution in [0.3, 0.4) is 0 Å². The molecule has 0 saturated carbocycles. The van der Waals surface area contributed by atoms with E-state index in [9.17, 15) is 10.5 Å². The molecule has 2 aliphatic rings. The molecule has 19 aromatic rings. The van der Waals surface area contributed by atoms with Crippen LogP contribution in [0.5, 0.6) is 11.5 Å². The molecule has 12 nitrogen and oxygen atoms in total. The predicted molar refractivity (Wildman–Crippen MR) is 385 cm³/mol.